The van der Waals surface area contributed by atoms with Crippen LogP contribution in [-0.2, 0) is 0 Å². The Morgan fingerprint density at radius 2 is 2.15 bits per heavy atom. The summed E-state index contributed by atoms with van der Waals surface area (Å²) in [7, 11) is 3.88. The van der Waals surface area contributed by atoms with E-state index in [1.807, 2.05) is 30.4 Å². The van der Waals surface area contributed by atoms with Gasteiger partial charge in [0.05, 0.1) is 5.39 Å². The lowest BCUT2D eigenvalue weighted by Crippen LogP contribution is -2.11. The highest BCUT2D eigenvalue weighted by molar-refractivity contribution is 7.16. The Balaban J connectivity index is 2.77. The highest BCUT2D eigenvalue weighted by Crippen LogP contribution is 2.27. The van der Waals surface area contributed by atoms with Gasteiger partial charge >= 0.3 is 0 Å². The molecule has 0 aliphatic heterocycles. The predicted molar refractivity (Wildman–Crippen MR) is 56.8 cm³/mol. The molecule has 3 nitrogen and oxygen atoms in total. The van der Waals surface area contributed by atoms with Crippen molar-refractivity contribution >= 4 is 39.0 Å². The molecule has 0 spiro atoms. The molecular weight excluding hydrogens is 206 g/mol. The van der Waals surface area contributed by atoms with Crippen LogP contribution in [0, 0.1) is 0 Å². The van der Waals surface area contributed by atoms with Gasteiger partial charge in [0.1, 0.15) is 10.6 Å². The monoisotopic (exact) mass is 213 g/mol. The second-order valence-electron chi connectivity index (χ2n) is 2.85. The molecule has 0 amide bonds. The SMILES string of the molecule is CN(C)c1nc(Cl)nc2sccc12. The van der Waals surface area contributed by atoms with Crippen molar-refractivity contribution in [1.29, 1.82) is 0 Å². The Morgan fingerprint density at radius 3 is 2.85 bits per heavy atom. The fourth-order valence-corrected chi connectivity index (χ4v) is 2.13. The molecule has 0 aliphatic carbocycles. The fourth-order valence-electron chi connectivity index (χ4n) is 1.16. The van der Waals surface area contributed by atoms with Crippen LogP contribution in [0.4, 0.5) is 5.82 Å². The van der Waals surface area contributed by atoms with Gasteiger partial charge < -0.3 is 4.90 Å². The average molecular weight is 214 g/mol. The topological polar surface area (TPSA) is 29.0 Å². The third kappa shape index (κ3) is 1.47. The molecule has 0 aliphatic rings. The zero-order valence-corrected chi connectivity index (χ0v) is 8.85. The minimum Gasteiger partial charge on any atom is -0.362 e. The van der Waals surface area contributed by atoms with E-state index in [1.54, 1.807) is 11.3 Å². The standard InChI is InChI=1S/C8H8ClN3S/c1-12(2)6-5-3-4-13-7(5)11-8(9)10-6/h3-4H,1-2H3. The highest BCUT2D eigenvalue weighted by Gasteiger charge is 2.08. The van der Waals surface area contributed by atoms with Gasteiger partial charge in [-0.1, -0.05) is 0 Å². The zero-order chi connectivity index (χ0) is 9.42. The summed E-state index contributed by atoms with van der Waals surface area (Å²) in [6.07, 6.45) is 0. The van der Waals surface area contributed by atoms with Crippen molar-refractivity contribution in [3.8, 4) is 0 Å². The number of fused-ring (bicyclic) bond motifs is 1. The quantitative estimate of drug-likeness (QED) is 0.682. The van der Waals surface area contributed by atoms with E-state index in [0.717, 1.165) is 16.0 Å². The van der Waals surface area contributed by atoms with E-state index in [1.165, 1.54) is 0 Å². The fraction of sp³-hybridized carbons (Fsp3) is 0.250. The molecule has 0 bridgehead atoms. The van der Waals surface area contributed by atoms with Gasteiger partial charge in [-0.25, -0.2) is 4.98 Å². The van der Waals surface area contributed by atoms with Crippen LogP contribution >= 0.6 is 22.9 Å². The van der Waals surface area contributed by atoms with Gasteiger partial charge in [-0.15, -0.1) is 11.3 Å². The number of hydrogen-bond acceptors (Lipinski definition) is 4. The summed E-state index contributed by atoms with van der Waals surface area (Å²) in [5, 5.41) is 3.35. The summed E-state index contributed by atoms with van der Waals surface area (Å²) in [6.45, 7) is 0. The second kappa shape index (κ2) is 3.12. The van der Waals surface area contributed by atoms with Crippen molar-refractivity contribution in [3.63, 3.8) is 0 Å². The molecule has 68 valence electrons. The van der Waals surface area contributed by atoms with Crippen LogP contribution < -0.4 is 4.90 Å². The zero-order valence-electron chi connectivity index (χ0n) is 7.28. The van der Waals surface area contributed by atoms with Crippen LogP contribution in [0.2, 0.25) is 5.28 Å². The van der Waals surface area contributed by atoms with E-state index in [4.69, 9.17) is 11.6 Å². The summed E-state index contributed by atoms with van der Waals surface area (Å²) >= 11 is 7.35. The molecule has 2 rings (SSSR count). The van der Waals surface area contributed by atoms with E-state index >= 15 is 0 Å². The van der Waals surface area contributed by atoms with E-state index in [0.29, 0.717) is 5.28 Å². The van der Waals surface area contributed by atoms with Crippen molar-refractivity contribution < 1.29 is 0 Å². The van der Waals surface area contributed by atoms with Gasteiger partial charge in [0.15, 0.2) is 0 Å². The molecule has 0 N–H and O–H groups in total. The van der Waals surface area contributed by atoms with E-state index < -0.39 is 0 Å². The van der Waals surface area contributed by atoms with Crippen LogP contribution in [0.15, 0.2) is 11.4 Å². The van der Waals surface area contributed by atoms with Crippen molar-refractivity contribution in [1.82, 2.24) is 9.97 Å². The summed E-state index contributed by atoms with van der Waals surface area (Å²) in [5.74, 6) is 0.872. The van der Waals surface area contributed by atoms with E-state index in [-0.39, 0.29) is 0 Å². The Hall–Kier alpha value is -0.870. The van der Waals surface area contributed by atoms with E-state index in [2.05, 4.69) is 9.97 Å². The lowest BCUT2D eigenvalue weighted by Gasteiger charge is -2.11. The molecule has 2 aromatic heterocycles. The number of thiophene rings is 1. The van der Waals surface area contributed by atoms with Gasteiger partial charge in [0.25, 0.3) is 0 Å². The molecule has 0 saturated carbocycles. The van der Waals surface area contributed by atoms with Crippen molar-refractivity contribution in [2.75, 3.05) is 19.0 Å². The third-order valence-corrected chi connectivity index (χ3v) is 2.68. The molecule has 0 unspecified atom stereocenters. The Kier molecular flexibility index (Phi) is 2.09. The largest absolute Gasteiger partial charge is 0.362 e. The first-order valence-corrected chi connectivity index (χ1v) is 5.02. The Bertz CT molecular complexity index is 438. The first-order valence-electron chi connectivity index (χ1n) is 3.76. The predicted octanol–water partition coefficient (Wildman–Crippen LogP) is 2.41. The number of hydrogen-bond donors (Lipinski definition) is 0. The first-order chi connectivity index (χ1) is 6.18. The molecule has 13 heavy (non-hydrogen) atoms. The number of anilines is 1. The molecule has 2 heterocycles. The molecule has 0 atom stereocenters. The van der Waals surface area contributed by atoms with Gasteiger partial charge in [-0.3, -0.25) is 0 Å². The van der Waals surface area contributed by atoms with Crippen molar-refractivity contribution in [2.45, 2.75) is 0 Å². The van der Waals surface area contributed by atoms with Crippen molar-refractivity contribution in [2.24, 2.45) is 0 Å². The number of halogens is 1. The maximum atomic E-state index is 5.78. The van der Waals surface area contributed by atoms with Crippen LogP contribution in [0.1, 0.15) is 0 Å². The van der Waals surface area contributed by atoms with E-state index in [9.17, 15) is 0 Å². The Labute approximate surface area is 85.0 Å². The summed E-state index contributed by atoms with van der Waals surface area (Å²) in [6, 6.07) is 2.01. The first kappa shape index (κ1) is 8.72. The average Bonchev–Trinajstić information content (AvgIpc) is 2.49. The minimum absolute atomic E-state index is 0.304. The van der Waals surface area contributed by atoms with Crippen LogP contribution in [0.25, 0.3) is 10.2 Å². The van der Waals surface area contributed by atoms with Crippen molar-refractivity contribution in [3.05, 3.63) is 16.7 Å². The van der Waals surface area contributed by atoms with Crippen LogP contribution in [-0.4, -0.2) is 24.1 Å². The molecule has 0 radical (unpaired) electrons. The lowest BCUT2D eigenvalue weighted by atomic mass is 10.4. The van der Waals surface area contributed by atoms with Gasteiger partial charge in [-0.05, 0) is 23.0 Å². The Morgan fingerprint density at radius 1 is 1.38 bits per heavy atom. The highest BCUT2D eigenvalue weighted by atomic mass is 35.5. The van der Waals surface area contributed by atoms with Crippen LogP contribution in [0.3, 0.4) is 0 Å². The molecule has 0 saturated heterocycles. The number of nitrogens with zero attached hydrogens (tertiary/aromatic N) is 3. The summed E-state index contributed by atoms with van der Waals surface area (Å²) < 4.78 is 0. The van der Waals surface area contributed by atoms with Crippen LogP contribution in [0.5, 0.6) is 0 Å². The molecule has 2 aromatic rings. The number of aromatic nitrogens is 2. The maximum Gasteiger partial charge on any atom is 0.225 e. The lowest BCUT2D eigenvalue weighted by molar-refractivity contribution is 1.06. The maximum absolute atomic E-state index is 5.78. The summed E-state index contributed by atoms with van der Waals surface area (Å²) in [5.41, 5.74) is 0. The van der Waals surface area contributed by atoms with Gasteiger partial charge in [0.2, 0.25) is 5.28 Å². The normalized spacial score (nSPS) is 10.7. The van der Waals surface area contributed by atoms with Gasteiger partial charge in [0, 0.05) is 14.1 Å². The smallest absolute Gasteiger partial charge is 0.225 e. The summed E-state index contributed by atoms with van der Waals surface area (Å²) in [4.78, 5) is 11.2. The molecule has 0 fully saturated rings. The minimum atomic E-state index is 0.304. The second-order valence-corrected chi connectivity index (χ2v) is 4.08. The third-order valence-electron chi connectivity index (χ3n) is 1.70. The molecule has 0 aromatic carbocycles. The number of rotatable bonds is 1. The van der Waals surface area contributed by atoms with Gasteiger partial charge in [-0.2, -0.15) is 4.98 Å². The molecular formula is C8H8ClN3S. The molecule has 5 heteroatoms.